The Kier molecular flexibility index (Phi) is 20.4. The first-order chi connectivity index (χ1) is 46.3. The van der Waals surface area contributed by atoms with Crippen LogP contribution in [0.5, 0.6) is 17.2 Å². The minimum atomic E-state index is -0.612. The summed E-state index contributed by atoms with van der Waals surface area (Å²) in [6.07, 6.45) is 3.47. The van der Waals surface area contributed by atoms with Crippen LogP contribution < -0.4 is 39.1 Å². The van der Waals surface area contributed by atoms with Crippen LogP contribution in [0.4, 0.5) is 0 Å². The number of aromatic nitrogens is 1. The maximum absolute atomic E-state index is 12.8. The molecule has 21 heteroatoms. The zero-order valence-electron chi connectivity index (χ0n) is 53.7. The van der Waals surface area contributed by atoms with E-state index in [9.17, 15) is 44.1 Å². The van der Waals surface area contributed by atoms with Crippen molar-refractivity contribution in [3.63, 3.8) is 0 Å². The third-order valence-electron chi connectivity index (χ3n) is 16.5. The summed E-state index contributed by atoms with van der Waals surface area (Å²) in [7, 11) is 7.95. The van der Waals surface area contributed by atoms with E-state index < -0.39 is 33.8 Å². The Morgan fingerprint density at radius 1 is 0.396 bits per heavy atom. The molecule has 21 nitrogen and oxygen atoms in total. The monoisotopic (exact) mass is 1290 g/mol. The molecule has 0 unspecified atom stereocenters. The molecule has 6 aromatic carbocycles. The van der Waals surface area contributed by atoms with E-state index in [2.05, 4.69) is 25.0 Å². The molecule has 0 saturated heterocycles. The van der Waals surface area contributed by atoms with Crippen LogP contribution >= 0.6 is 0 Å². The van der Waals surface area contributed by atoms with Crippen molar-refractivity contribution in [1.29, 1.82) is 0 Å². The molecular weight excluding hydrogens is 1220 g/mol. The Balaban J connectivity index is 0.000000147. The summed E-state index contributed by atoms with van der Waals surface area (Å²) in [6, 6.07) is 44.1. The van der Waals surface area contributed by atoms with Gasteiger partial charge in [-0.3, -0.25) is 14.8 Å². The van der Waals surface area contributed by atoms with E-state index in [0.29, 0.717) is 106 Å². The number of fused-ring (bicyclic) bond motifs is 6. The maximum atomic E-state index is 12.8. The fourth-order valence-electron chi connectivity index (χ4n) is 11.4. The molecule has 0 aliphatic heterocycles. The van der Waals surface area contributed by atoms with Gasteiger partial charge in [0.1, 0.15) is 50.7 Å². The highest BCUT2D eigenvalue weighted by atomic mass is 16.4. The van der Waals surface area contributed by atoms with Crippen molar-refractivity contribution in [2.24, 2.45) is 0 Å². The van der Waals surface area contributed by atoms with Gasteiger partial charge in [-0.1, -0.05) is 68.4 Å². The molecule has 0 saturated carbocycles. The van der Waals surface area contributed by atoms with Gasteiger partial charge in [0.05, 0.1) is 33.4 Å². The number of pyridine rings is 1. The van der Waals surface area contributed by atoms with Crippen LogP contribution in [0, 0.1) is 0 Å². The predicted molar refractivity (Wildman–Crippen MR) is 371 cm³/mol. The van der Waals surface area contributed by atoms with Crippen LogP contribution in [0.25, 0.3) is 99.2 Å². The number of rotatable bonds is 19. The van der Waals surface area contributed by atoms with Gasteiger partial charge in [-0.2, -0.15) is 0 Å². The molecule has 13 rings (SSSR count). The summed E-state index contributed by atoms with van der Waals surface area (Å²) in [6.45, 7) is 10.4. The number of nitrogens with zero attached hydrogens (tertiary/aromatic N) is 5. The summed E-state index contributed by atoms with van der Waals surface area (Å²) in [5.74, 6) is 0.0869. The molecule has 4 N–H and O–H groups in total. The van der Waals surface area contributed by atoms with Crippen molar-refractivity contribution in [1.82, 2.24) is 29.9 Å². The third-order valence-corrected chi connectivity index (χ3v) is 16.5. The van der Waals surface area contributed by atoms with Gasteiger partial charge in [-0.05, 0) is 132 Å². The number of likely N-dealkylation sites (N-methyl/N-ethyl adjacent to an activating group) is 3. The quantitative estimate of drug-likeness (QED) is 0.0432. The second-order valence-electron chi connectivity index (χ2n) is 23.5. The van der Waals surface area contributed by atoms with E-state index in [1.807, 2.05) is 95.5 Å². The Hall–Kier alpha value is -11.1. The van der Waals surface area contributed by atoms with Crippen LogP contribution in [0.2, 0.25) is 0 Å². The Morgan fingerprint density at radius 3 is 1.17 bits per heavy atom. The Bertz CT molecular complexity index is 5380. The van der Waals surface area contributed by atoms with Crippen molar-refractivity contribution in [2.45, 2.75) is 40.0 Å². The number of nitrogens with one attached hydrogen (secondary N) is 1. The van der Waals surface area contributed by atoms with Crippen LogP contribution in [-0.2, 0) is 26.2 Å². The topological polar surface area (TPSA) is 280 Å². The lowest BCUT2D eigenvalue weighted by Gasteiger charge is -2.23. The fraction of sp³-hybridized carbons (Fsp3) is 0.213. The minimum absolute atomic E-state index is 0.0192. The van der Waals surface area contributed by atoms with Crippen molar-refractivity contribution in [3.8, 4) is 50.6 Å². The van der Waals surface area contributed by atoms with Gasteiger partial charge in [0.25, 0.3) is 0 Å². The molecule has 96 heavy (non-hydrogen) atoms. The lowest BCUT2D eigenvalue weighted by molar-refractivity contribution is 0.241. The Morgan fingerprint density at radius 2 is 0.771 bits per heavy atom. The van der Waals surface area contributed by atoms with Crippen LogP contribution in [0.15, 0.2) is 225 Å². The molecule has 490 valence electrons. The smallest absolute Gasteiger partial charge is 0.344 e. The number of benzene rings is 6. The van der Waals surface area contributed by atoms with Gasteiger partial charge in [-0.25, -0.2) is 28.8 Å². The van der Waals surface area contributed by atoms with E-state index in [-0.39, 0.29) is 50.7 Å². The normalized spacial score (nSPS) is 11.6. The summed E-state index contributed by atoms with van der Waals surface area (Å²) >= 11 is 0. The SMILES string of the molecule is CCN(CCN(C)C)Cc1c(O)ccc2c(-c3cc4ccccc4oc3=O)cc(=O)oc12.CCN(Cc1ccncc1)Cc1c(O)ccc2c(-c3cc4ccccc4oc3=O)cc(=O)oc12.CN(C)CCNCc1c(O)ccc2c(-c3cc4ccccc4oc3=O)cc(=O)oc12. The molecule has 0 spiro atoms. The molecular formula is C75H70N6O15. The van der Waals surface area contributed by atoms with Crippen molar-refractivity contribution in [2.75, 3.05) is 67.5 Å². The van der Waals surface area contributed by atoms with Gasteiger partial charge in [-0.15, -0.1) is 0 Å². The predicted octanol–water partition coefficient (Wildman–Crippen LogP) is 11.3. The zero-order chi connectivity index (χ0) is 67.7. The van der Waals surface area contributed by atoms with Crippen LogP contribution in [-0.4, -0.2) is 107 Å². The molecule has 7 aromatic heterocycles. The van der Waals surface area contributed by atoms with Gasteiger partial charge >= 0.3 is 33.8 Å². The van der Waals surface area contributed by atoms with Gasteiger partial charge in [0.2, 0.25) is 0 Å². The fourth-order valence-corrected chi connectivity index (χ4v) is 11.4. The molecule has 0 atom stereocenters. The number of para-hydroxylation sites is 3. The van der Waals surface area contributed by atoms with E-state index in [1.165, 1.54) is 24.3 Å². The molecule has 0 amide bonds. The van der Waals surface area contributed by atoms with E-state index >= 15 is 0 Å². The number of hydrogen-bond donors (Lipinski definition) is 4. The average molecular weight is 1300 g/mol. The highest BCUT2D eigenvalue weighted by molar-refractivity contribution is 5.99. The molecule has 0 bridgehead atoms. The van der Waals surface area contributed by atoms with E-state index in [4.69, 9.17) is 26.5 Å². The molecule has 0 radical (unpaired) electrons. The summed E-state index contributed by atoms with van der Waals surface area (Å²) < 4.78 is 33.0. The van der Waals surface area contributed by atoms with Crippen LogP contribution in [0.1, 0.15) is 36.1 Å². The second kappa shape index (κ2) is 29.5. The van der Waals surface area contributed by atoms with Gasteiger partial charge < -0.3 is 56.9 Å². The minimum Gasteiger partial charge on any atom is -0.507 e. The van der Waals surface area contributed by atoms with Gasteiger partial charge in [0.15, 0.2) is 0 Å². The van der Waals surface area contributed by atoms with Gasteiger partial charge in [0, 0.05) is 132 Å². The standard InChI is InChI=1S/C27H22N2O5.C25H26N2O5.C23H22N2O5/c1-2-29(15-17-9-11-28-12-10-17)16-22-23(30)8-7-19-20(14-25(31)34-26(19)22)21-13-18-5-3-4-6-24(18)33-27(21)32;1-4-27(12-11-26(2)3)15-20-21(28)10-9-17-18(14-23(29)32-24(17)20)19-13-16-7-5-6-8-22(16)31-25(19)30;1-25(2)10-9-24-13-18-19(26)8-7-15-16(12-21(27)30-22(15)18)17-11-14-5-3-4-6-20(14)29-23(17)28/h3-14,30H,2,15-16H2,1H3;5-10,13-14,28H,4,11-12,15H2,1-3H3;3-8,11-12,24,26H,9-10,13H2,1-2H3. The molecule has 0 fully saturated rings. The maximum Gasteiger partial charge on any atom is 0.344 e. The highest BCUT2D eigenvalue weighted by Gasteiger charge is 2.23. The first-order valence-corrected chi connectivity index (χ1v) is 31.1. The number of phenols is 3. The summed E-state index contributed by atoms with van der Waals surface area (Å²) in [4.78, 5) is 88.0. The molecule has 13 aromatic rings. The summed E-state index contributed by atoms with van der Waals surface area (Å²) in [5, 5.41) is 38.8. The van der Waals surface area contributed by atoms with Crippen LogP contribution in [0.3, 0.4) is 0 Å². The number of phenolic OH excluding ortho intramolecular Hbond substituents is 3. The first kappa shape index (κ1) is 66.4. The van der Waals surface area contributed by atoms with Crippen molar-refractivity contribution in [3.05, 3.63) is 255 Å². The van der Waals surface area contributed by atoms with E-state index in [1.54, 1.807) is 97.3 Å². The lowest BCUT2D eigenvalue weighted by atomic mass is 9.99. The molecule has 0 aliphatic rings. The molecule has 0 aliphatic carbocycles. The highest BCUT2D eigenvalue weighted by Crippen LogP contribution is 2.37. The zero-order valence-corrected chi connectivity index (χ0v) is 53.7. The number of hydrogen-bond acceptors (Lipinski definition) is 21. The summed E-state index contributed by atoms with van der Waals surface area (Å²) in [5.41, 5.74) is 3.37. The van der Waals surface area contributed by atoms with E-state index in [0.717, 1.165) is 47.9 Å². The molecule has 7 heterocycles. The number of aromatic hydroxyl groups is 3. The first-order valence-electron chi connectivity index (χ1n) is 31.1. The average Bonchev–Trinajstić information content (AvgIpc) is 0.774. The largest absolute Gasteiger partial charge is 0.507 e. The van der Waals surface area contributed by atoms with Crippen molar-refractivity contribution < 1.29 is 41.8 Å². The second-order valence-corrected chi connectivity index (χ2v) is 23.5. The Labute approximate surface area is 548 Å². The third kappa shape index (κ3) is 15.0. The van der Waals surface area contributed by atoms with Crippen molar-refractivity contribution >= 4 is 65.8 Å². The lowest BCUT2D eigenvalue weighted by Crippen LogP contribution is -2.31.